The Morgan fingerprint density at radius 2 is 1.80 bits per heavy atom. The van der Waals surface area contributed by atoms with Gasteiger partial charge in [-0.15, -0.1) is 0 Å². The van der Waals surface area contributed by atoms with Crippen molar-refractivity contribution in [3.05, 3.63) is 0 Å². The van der Waals surface area contributed by atoms with Crippen LogP contribution in [0.2, 0.25) is 0 Å². The Kier molecular flexibility index (Phi) is 9.44. The standard InChI is InChI=1S/C13H25NO/c1-3-4-5-6-7-8-9-13(11-14)10-12(2)15/h11,13-14H,3-10H2,1-2H3. The van der Waals surface area contributed by atoms with Gasteiger partial charge in [-0.25, -0.2) is 0 Å². The van der Waals surface area contributed by atoms with E-state index in [4.69, 9.17) is 5.41 Å². The average Bonchev–Trinajstić information content (AvgIpc) is 2.20. The molecule has 1 atom stereocenters. The van der Waals surface area contributed by atoms with E-state index >= 15 is 0 Å². The number of hydrogen-bond donors (Lipinski definition) is 1. The van der Waals surface area contributed by atoms with Crippen molar-refractivity contribution in [1.82, 2.24) is 0 Å². The summed E-state index contributed by atoms with van der Waals surface area (Å²) in [7, 11) is 0. The van der Waals surface area contributed by atoms with Crippen LogP contribution in [-0.4, -0.2) is 12.0 Å². The van der Waals surface area contributed by atoms with Crippen molar-refractivity contribution in [2.45, 2.75) is 65.2 Å². The lowest BCUT2D eigenvalue weighted by molar-refractivity contribution is -0.117. The molecule has 88 valence electrons. The zero-order valence-corrected chi connectivity index (χ0v) is 10.2. The van der Waals surface area contributed by atoms with E-state index in [0.29, 0.717) is 6.42 Å². The summed E-state index contributed by atoms with van der Waals surface area (Å²) in [6.45, 7) is 3.83. The molecular weight excluding hydrogens is 186 g/mol. The van der Waals surface area contributed by atoms with Crippen LogP contribution in [0.5, 0.6) is 0 Å². The topological polar surface area (TPSA) is 40.9 Å². The van der Waals surface area contributed by atoms with Gasteiger partial charge in [0.2, 0.25) is 0 Å². The molecule has 15 heavy (non-hydrogen) atoms. The minimum atomic E-state index is 0.189. The zero-order chi connectivity index (χ0) is 11.5. The van der Waals surface area contributed by atoms with Crippen LogP contribution >= 0.6 is 0 Å². The predicted octanol–water partition coefficient (Wildman–Crippen LogP) is 3.98. The van der Waals surface area contributed by atoms with E-state index in [9.17, 15) is 4.79 Å². The third-order valence-corrected chi connectivity index (χ3v) is 2.71. The molecule has 0 fully saturated rings. The molecule has 0 aromatic heterocycles. The third-order valence-electron chi connectivity index (χ3n) is 2.71. The van der Waals surface area contributed by atoms with Crippen LogP contribution in [0.25, 0.3) is 0 Å². The highest BCUT2D eigenvalue weighted by Crippen LogP contribution is 2.13. The number of Topliss-reactive ketones (excluding diaryl/α,β-unsaturated/α-hetero) is 1. The number of nitrogens with one attached hydrogen (secondary N) is 1. The van der Waals surface area contributed by atoms with E-state index in [0.717, 1.165) is 12.8 Å². The molecule has 1 N–H and O–H groups in total. The van der Waals surface area contributed by atoms with Gasteiger partial charge in [-0.1, -0.05) is 45.4 Å². The number of unbranched alkanes of at least 4 members (excludes halogenated alkanes) is 5. The molecule has 0 saturated heterocycles. The molecule has 2 heteroatoms. The monoisotopic (exact) mass is 211 g/mol. The third kappa shape index (κ3) is 9.64. The number of ketones is 1. The Morgan fingerprint density at radius 3 is 2.33 bits per heavy atom. The second-order valence-corrected chi connectivity index (χ2v) is 4.39. The highest BCUT2D eigenvalue weighted by molar-refractivity contribution is 5.79. The molecule has 0 rings (SSSR count). The minimum Gasteiger partial charge on any atom is -0.313 e. The highest BCUT2D eigenvalue weighted by Gasteiger charge is 2.07. The molecule has 2 nitrogen and oxygen atoms in total. The summed E-state index contributed by atoms with van der Waals surface area (Å²) in [4.78, 5) is 10.9. The van der Waals surface area contributed by atoms with E-state index in [1.54, 1.807) is 6.92 Å². The molecular formula is C13H25NO. The van der Waals surface area contributed by atoms with Crippen LogP contribution in [0.1, 0.15) is 65.2 Å². The van der Waals surface area contributed by atoms with Crippen molar-refractivity contribution in [2.75, 3.05) is 0 Å². The second kappa shape index (κ2) is 9.88. The van der Waals surface area contributed by atoms with Crippen LogP contribution < -0.4 is 0 Å². The van der Waals surface area contributed by atoms with Crippen molar-refractivity contribution < 1.29 is 4.79 Å². The summed E-state index contributed by atoms with van der Waals surface area (Å²) in [5.41, 5.74) is 0. The first-order valence-electron chi connectivity index (χ1n) is 6.20. The number of hydrogen-bond acceptors (Lipinski definition) is 2. The van der Waals surface area contributed by atoms with E-state index in [2.05, 4.69) is 6.92 Å². The van der Waals surface area contributed by atoms with Crippen LogP contribution in [0.4, 0.5) is 0 Å². The van der Waals surface area contributed by atoms with Gasteiger partial charge in [-0.2, -0.15) is 0 Å². The quantitative estimate of drug-likeness (QED) is 0.431. The molecule has 0 aromatic carbocycles. The number of carbonyl (C=O) groups is 1. The van der Waals surface area contributed by atoms with Crippen LogP contribution in [0.3, 0.4) is 0 Å². The summed E-state index contributed by atoms with van der Waals surface area (Å²) < 4.78 is 0. The molecule has 0 amide bonds. The number of rotatable bonds is 10. The second-order valence-electron chi connectivity index (χ2n) is 4.39. The summed E-state index contributed by atoms with van der Waals surface area (Å²) in [5, 5.41) is 7.22. The van der Waals surface area contributed by atoms with Gasteiger partial charge in [0, 0.05) is 12.3 Å². The van der Waals surface area contributed by atoms with Crippen molar-refractivity contribution in [3.8, 4) is 0 Å². The lowest BCUT2D eigenvalue weighted by Crippen LogP contribution is -2.06. The fraction of sp³-hybridized carbons (Fsp3) is 0.846. The zero-order valence-electron chi connectivity index (χ0n) is 10.2. The Balaban J connectivity index is 3.38. The molecule has 0 aliphatic heterocycles. The largest absolute Gasteiger partial charge is 0.313 e. The van der Waals surface area contributed by atoms with Gasteiger partial charge >= 0.3 is 0 Å². The Hall–Kier alpha value is -0.660. The lowest BCUT2D eigenvalue weighted by Gasteiger charge is -2.08. The predicted molar refractivity (Wildman–Crippen MR) is 65.6 cm³/mol. The van der Waals surface area contributed by atoms with Gasteiger partial charge in [-0.3, -0.25) is 0 Å². The molecule has 0 saturated carbocycles. The maximum Gasteiger partial charge on any atom is 0.130 e. The summed E-state index contributed by atoms with van der Waals surface area (Å²) in [6, 6.07) is 0. The summed E-state index contributed by atoms with van der Waals surface area (Å²) >= 11 is 0. The Morgan fingerprint density at radius 1 is 1.20 bits per heavy atom. The minimum absolute atomic E-state index is 0.189. The Bertz CT molecular complexity index is 177. The molecule has 1 unspecified atom stereocenters. The van der Waals surface area contributed by atoms with Crippen molar-refractivity contribution in [2.24, 2.45) is 5.92 Å². The first-order chi connectivity index (χ1) is 7.20. The molecule has 0 aliphatic carbocycles. The SMILES string of the molecule is CCCCCCCCC(C=N)CC(C)=O. The fourth-order valence-electron chi connectivity index (χ4n) is 1.80. The average molecular weight is 211 g/mol. The van der Waals surface area contributed by atoms with E-state index in [1.165, 1.54) is 38.3 Å². The molecule has 0 aromatic rings. The molecule has 0 aliphatic rings. The van der Waals surface area contributed by atoms with E-state index in [1.807, 2.05) is 0 Å². The lowest BCUT2D eigenvalue weighted by atomic mass is 9.97. The number of carbonyl (C=O) groups excluding carboxylic acids is 1. The van der Waals surface area contributed by atoms with E-state index < -0.39 is 0 Å². The molecule has 0 spiro atoms. The van der Waals surface area contributed by atoms with Gasteiger partial charge in [0.1, 0.15) is 5.78 Å². The Labute approximate surface area is 94.0 Å². The van der Waals surface area contributed by atoms with Crippen molar-refractivity contribution >= 4 is 12.0 Å². The smallest absolute Gasteiger partial charge is 0.130 e. The molecule has 0 bridgehead atoms. The van der Waals surface area contributed by atoms with Crippen molar-refractivity contribution in [1.29, 1.82) is 5.41 Å². The van der Waals surface area contributed by atoms with Crippen LogP contribution in [-0.2, 0) is 4.79 Å². The van der Waals surface area contributed by atoms with Gasteiger partial charge in [-0.05, 0) is 19.6 Å². The van der Waals surface area contributed by atoms with Gasteiger partial charge < -0.3 is 10.2 Å². The van der Waals surface area contributed by atoms with Gasteiger partial charge in [0.15, 0.2) is 0 Å². The normalized spacial score (nSPS) is 12.4. The molecule has 0 heterocycles. The van der Waals surface area contributed by atoms with Gasteiger partial charge in [0.25, 0.3) is 0 Å². The first kappa shape index (κ1) is 14.3. The highest BCUT2D eigenvalue weighted by atomic mass is 16.1. The summed E-state index contributed by atoms with van der Waals surface area (Å²) in [6.07, 6.45) is 10.7. The first-order valence-corrected chi connectivity index (χ1v) is 6.20. The molecule has 0 radical (unpaired) electrons. The summed E-state index contributed by atoms with van der Waals surface area (Å²) in [5.74, 6) is 0.392. The van der Waals surface area contributed by atoms with Crippen LogP contribution in [0, 0.1) is 11.3 Å². The van der Waals surface area contributed by atoms with E-state index in [-0.39, 0.29) is 11.7 Å². The fourth-order valence-corrected chi connectivity index (χ4v) is 1.80. The van der Waals surface area contributed by atoms with Gasteiger partial charge in [0.05, 0.1) is 0 Å². The maximum absolute atomic E-state index is 10.9. The van der Waals surface area contributed by atoms with Crippen molar-refractivity contribution in [3.63, 3.8) is 0 Å². The maximum atomic E-state index is 10.9. The van der Waals surface area contributed by atoms with Crippen LogP contribution in [0.15, 0.2) is 0 Å².